The van der Waals surface area contributed by atoms with Gasteiger partial charge in [-0.15, -0.1) is 11.3 Å². The van der Waals surface area contributed by atoms with Gasteiger partial charge in [-0.1, -0.05) is 6.92 Å². The van der Waals surface area contributed by atoms with Crippen molar-refractivity contribution in [2.45, 2.75) is 32.3 Å². The molecule has 0 bridgehead atoms. The van der Waals surface area contributed by atoms with Crippen molar-refractivity contribution >= 4 is 33.3 Å². The highest BCUT2D eigenvalue weighted by Gasteiger charge is 2.20. The van der Waals surface area contributed by atoms with E-state index in [4.69, 9.17) is 9.72 Å². The van der Waals surface area contributed by atoms with Gasteiger partial charge in [0, 0.05) is 26.7 Å². The number of likely N-dealkylation sites (N-methyl/N-ethyl adjacent to an activating group) is 1. The molecule has 1 fully saturated rings. The van der Waals surface area contributed by atoms with Crippen molar-refractivity contribution in [1.82, 2.24) is 9.97 Å². The molecule has 0 radical (unpaired) electrons. The van der Waals surface area contributed by atoms with E-state index < -0.39 is 0 Å². The molecule has 6 heteroatoms. The number of thiophene rings is 1. The van der Waals surface area contributed by atoms with Gasteiger partial charge in [0.1, 0.15) is 10.6 Å². The SMILES string of the molecule is CCCNc1nc(N(C)CC2CCCO2)c2ccsc2n1. The van der Waals surface area contributed by atoms with E-state index in [2.05, 4.69) is 40.6 Å². The Kier molecular flexibility index (Phi) is 4.55. The summed E-state index contributed by atoms with van der Waals surface area (Å²) in [5.74, 6) is 1.72. The largest absolute Gasteiger partial charge is 0.376 e. The Morgan fingerprint density at radius 1 is 1.48 bits per heavy atom. The first-order chi connectivity index (χ1) is 10.3. The molecule has 2 aromatic rings. The Hall–Kier alpha value is -1.40. The van der Waals surface area contributed by atoms with E-state index >= 15 is 0 Å². The highest BCUT2D eigenvalue weighted by atomic mass is 32.1. The second-order valence-corrected chi connectivity index (χ2v) is 6.35. The van der Waals surface area contributed by atoms with Crippen molar-refractivity contribution in [3.63, 3.8) is 0 Å². The summed E-state index contributed by atoms with van der Waals surface area (Å²) in [5, 5.41) is 6.49. The lowest BCUT2D eigenvalue weighted by Gasteiger charge is -2.22. The molecule has 0 saturated carbocycles. The number of hydrogen-bond donors (Lipinski definition) is 1. The van der Waals surface area contributed by atoms with Crippen molar-refractivity contribution in [1.29, 1.82) is 0 Å². The number of fused-ring (bicyclic) bond motifs is 1. The van der Waals surface area contributed by atoms with Crippen LogP contribution in [0.2, 0.25) is 0 Å². The Labute approximate surface area is 129 Å². The van der Waals surface area contributed by atoms with Crippen LogP contribution in [0.1, 0.15) is 26.2 Å². The van der Waals surface area contributed by atoms with Gasteiger partial charge in [-0.05, 0) is 30.7 Å². The maximum Gasteiger partial charge on any atom is 0.226 e. The molecule has 21 heavy (non-hydrogen) atoms. The van der Waals surface area contributed by atoms with Crippen LogP contribution in [0.5, 0.6) is 0 Å². The third kappa shape index (κ3) is 3.27. The maximum atomic E-state index is 5.74. The van der Waals surface area contributed by atoms with Crippen molar-refractivity contribution in [3.05, 3.63) is 11.4 Å². The van der Waals surface area contributed by atoms with E-state index in [1.54, 1.807) is 11.3 Å². The first kappa shape index (κ1) is 14.5. The lowest BCUT2D eigenvalue weighted by atomic mass is 10.2. The van der Waals surface area contributed by atoms with E-state index in [0.717, 1.165) is 54.5 Å². The molecule has 114 valence electrons. The molecule has 1 saturated heterocycles. The van der Waals surface area contributed by atoms with Crippen LogP contribution in [0.3, 0.4) is 0 Å². The van der Waals surface area contributed by atoms with Crippen LogP contribution in [0.25, 0.3) is 10.2 Å². The highest BCUT2D eigenvalue weighted by Crippen LogP contribution is 2.29. The van der Waals surface area contributed by atoms with Gasteiger partial charge in [0.25, 0.3) is 0 Å². The second kappa shape index (κ2) is 6.58. The third-order valence-electron chi connectivity index (χ3n) is 3.70. The number of nitrogens with one attached hydrogen (secondary N) is 1. The van der Waals surface area contributed by atoms with E-state index in [1.165, 1.54) is 6.42 Å². The molecule has 0 aromatic carbocycles. The van der Waals surface area contributed by atoms with Crippen LogP contribution in [0, 0.1) is 0 Å². The normalized spacial score (nSPS) is 18.3. The van der Waals surface area contributed by atoms with Gasteiger partial charge in [-0.25, -0.2) is 4.98 Å². The Morgan fingerprint density at radius 2 is 2.38 bits per heavy atom. The second-order valence-electron chi connectivity index (χ2n) is 5.45. The number of ether oxygens (including phenoxy) is 1. The van der Waals surface area contributed by atoms with Gasteiger partial charge in [-0.3, -0.25) is 0 Å². The number of rotatable bonds is 6. The Morgan fingerprint density at radius 3 is 3.14 bits per heavy atom. The van der Waals surface area contributed by atoms with E-state index in [0.29, 0.717) is 6.10 Å². The Bertz CT molecular complexity index is 594. The summed E-state index contributed by atoms with van der Waals surface area (Å²) in [6.45, 7) is 4.81. The van der Waals surface area contributed by atoms with Crippen LogP contribution in [-0.2, 0) is 4.74 Å². The van der Waals surface area contributed by atoms with Crippen molar-refractivity contribution in [2.24, 2.45) is 0 Å². The predicted molar refractivity (Wildman–Crippen MR) is 88.4 cm³/mol. The molecule has 0 aliphatic carbocycles. The minimum Gasteiger partial charge on any atom is -0.376 e. The topological polar surface area (TPSA) is 50.3 Å². The molecule has 1 aliphatic rings. The van der Waals surface area contributed by atoms with Crippen molar-refractivity contribution in [3.8, 4) is 0 Å². The van der Waals surface area contributed by atoms with Gasteiger partial charge in [0.05, 0.1) is 11.5 Å². The first-order valence-electron chi connectivity index (χ1n) is 7.59. The van der Waals surface area contributed by atoms with Crippen LogP contribution in [0.15, 0.2) is 11.4 Å². The van der Waals surface area contributed by atoms with Crippen molar-refractivity contribution in [2.75, 3.05) is 37.0 Å². The molecule has 3 rings (SSSR count). The fraction of sp³-hybridized carbons (Fsp3) is 0.600. The van der Waals surface area contributed by atoms with Crippen LogP contribution in [0.4, 0.5) is 11.8 Å². The molecular weight excluding hydrogens is 284 g/mol. The molecule has 1 N–H and O–H groups in total. The summed E-state index contributed by atoms with van der Waals surface area (Å²) in [6.07, 6.45) is 3.70. The molecule has 3 heterocycles. The molecule has 1 aliphatic heterocycles. The molecule has 1 unspecified atom stereocenters. The molecular formula is C15H22N4OS. The molecule has 5 nitrogen and oxygen atoms in total. The smallest absolute Gasteiger partial charge is 0.226 e. The molecule has 1 atom stereocenters. The number of nitrogens with zero attached hydrogens (tertiary/aromatic N) is 3. The van der Waals surface area contributed by atoms with E-state index in [1.807, 2.05) is 0 Å². The zero-order chi connectivity index (χ0) is 14.7. The predicted octanol–water partition coefficient (Wildman–Crippen LogP) is 3.13. The quantitative estimate of drug-likeness (QED) is 0.888. The summed E-state index contributed by atoms with van der Waals surface area (Å²) < 4.78 is 5.74. The molecule has 2 aromatic heterocycles. The summed E-state index contributed by atoms with van der Waals surface area (Å²) in [7, 11) is 2.09. The summed E-state index contributed by atoms with van der Waals surface area (Å²) in [6, 6.07) is 2.10. The van der Waals surface area contributed by atoms with Gasteiger partial charge in [0.2, 0.25) is 5.95 Å². The zero-order valence-corrected chi connectivity index (χ0v) is 13.4. The van der Waals surface area contributed by atoms with Gasteiger partial charge in [-0.2, -0.15) is 4.98 Å². The standard InChI is InChI=1S/C15H22N4OS/c1-3-7-16-15-17-13(12-6-9-21-14(12)18-15)19(2)10-11-5-4-8-20-11/h6,9,11H,3-5,7-8,10H2,1-2H3,(H,16,17,18). The fourth-order valence-corrected chi connectivity index (χ4v) is 3.39. The van der Waals surface area contributed by atoms with Gasteiger partial charge >= 0.3 is 0 Å². The van der Waals surface area contributed by atoms with Crippen LogP contribution < -0.4 is 10.2 Å². The minimum absolute atomic E-state index is 0.325. The fourth-order valence-electron chi connectivity index (χ4n) is 2.63. The van der Waals surface area contributed by atoms with Crippen LogP contribution >= 0.6 is 11.3 Å². The number of anilines is 2. The highest BCUT2D eigenvalue weighted by molar-refractivity contribution is 7.16. The summed E-state index contributed by atoms with van der Waals surface area (Å²) in [4.78, 5) is 12.5. The molecule has 0 spiro atoms. The number of aromatic nitrogens is 2. The Balaban J connectivity index is 1.85. The van der Waals surface area contributed by atoms with Crippen LogP contribution in [-0.4, -0.2) is 42.8 Å². The van der Waals surface area contributed by atoms with E-state index in [9.17, 15) is 0 Å². The first-order valence-corrected chi connectivity index (χ1v) is 8.47. The zero-order valence-electron chi connectivity index (χ0n) is 12.6. The van der Waals surface area contributed by atoms with E-state index in [-0.39, 0.29) is 0 Å². The monoisotopic (exact) mass is 306 g/mol. The molecule has 0 amide bonds. The van der Waals surface area contributed by atoms with Crippen molar-refractivity contribution < 1.29 is 4.74 Å². The third-order valence-corrected chi connectivity index (χ3v) is 4.51. The average molecular weight is 306 g/mol. The summed E-state index contributed by atoms with van der Waals surface area (Å²) in [5.41, 5.74) is 0. The van der Waals surface area contributed by atoms with Gasteiger partial charge < -0.3 is 15.0 Å². The number of hydrogen-bond acceptors (Lipinski definition) is 6. The summed E-state index contributed by atoms with van der Waals surface area (Å²) >= 11 is 1.66. The average Bonchev–Trinajstić information content (AvgIpc) is 3.14. The maximum absolute atomic E-state index is 5.74. The lowest BCUT2D eigenvalue weighted by molar-refractivity contribution is 0.116. The minimum atomic E-state index is 0.325. The van der Waals surface area contributed by atoms with Gasteiger partial charge in [0.15, 0.2) is 0 Å². The lowest BCUT2D eigenvalue weighted by Crippen LogP contribution is -2.29.